The molecule has 0 saturated heterocycles. The van der Waals surface area contributed by atoms with Gasteiger partial charge in [-0.05, 0) is 60.7 Å². The van der Waals surface area contributed by atoms with E-state index in [9.17, 15) is 13.2 Å². The quantitative estimate of drug-likeness (QED) is 0.292. The van der Waals surface area contributed by atoms with Crippen LogP contribution in [0.3, 0.4) is 0 Å². The summed E-state index contributed by atoms with van der Waals surface area (Å²) in [6.45, 7) is 1.37. The van der Waals surface area contributed by atoms with E-state index in [4.69, 9.17) is 27.9 Å². The Morgan fingerprint density at radius 2 is 1.57 bits per heavy atom. The molecule has 0 bridgehead atoms. The number of methoxy groups -OCH3 is 1. The van der Waals surface area contributed by atoms with Crippen molar-refractivity contribution in [3.8, 4) is 22.7 Å². The summed E-state index contributed by atoms with van der Waals surface area (Å²) in [5, 5.41) is 3.77. The van der Waals surface area contributed by atoms with Crippen LogP contribution >= 0.6 is 23.2 Å². The van der Waals surface area contributed by atoms with Crippen LogP contribution in [0.15, 0.2) is 83.9 Å². The predicted octanol–water partition coefficient (Wildman–Crippen LogP) is 5.50. The Bertz CT molecular complexity index is 1490. The van der Waals surface area contributed by atoms with Crippen molar-refractivity contribution < 1.29 is 17.9 Å². The largest absolute Gasteiger partial charge is 0.497 e. The van der Waals surface area contributed by atoms with Crippen LogP contribution in [0.25, 0.3) is 16.9 Å². The Balaban J connectivity index is 1.63. The molecule has 4 rings (SSSR count). The zero-order valence-corrected chi connectivity index (χ0v) is 22.4. The molecule has 4 aromatic rings. The van der Waals surface area contributed by atoms with Crippen molar-refractivity contribution in [1.29, 1.82) is 0 Å². The van der Waals surface area contributed by atoms with Gasteiger partial charge in [-0.3, -0.25) is 14.7 Å². The first-order valence-electron chi connectivity index (χ1n) is 11.3. The first kappa shape index (κ1) is 26.7. The van der Waals surface area contributed by atoms with Crippen molar-refractivity contribution in [1.82, 2.24) is 13.9 Å². The van der Waals surface area contributed by atoms with Gasteiger partial charge < -0.3 is 4.74 Å². The highest BCUT2D eigenvalue weighted by Crippen LogP contribution is 2.27. The third kappa shape index (κ3) is 6.14. The molecule has 8 nitrogen and oxygen atoms in total. The van der Waals surface area contributed by atoms with Gasteiger partial charge in [-0.1, -0.05) is 42.3 Å². The molecule has 0 unspecified atom stereocenters. The average molecular weight is 559 g/mol. The van der Waals surface area contributed by atoms with Gasteiger partial charge in [0, 0.05) is 34.0 Å². The number of aromatic nitrogens is 2. The zero-order valence-electron chi connectivity index (χ0n) is 20.1. The number of benzene rings is 3. The molecule has 1 N–H and O–H groups in total. The number of likely N-dealkylation sites (N-methyl/N-ethyl adjacent to an activating group) is 1. The number of hydrogen-bond donors (Lipinski definition) is 1. The number of nitrogens with one attached hydrogen (secondary N) is 1. The summed E-state index contributed by atoms with van der Waals surface area (Å²) in [7, 11) is -2.33. The molecule has 0 radical (unpaired) electrons. The highest BCUT2D eigenvalue weighted by Gasteiger charge is 2.26. The van der Waals surface area contributed by atoms with Gasteiger partial charge in [0.1, 0.15) is 5.75 Å². The highest BCUT2D eigenvalue weighted by molar-refractivity contribution is 7.89. The van der Waals surface area contributed by atoms with Crippen molar-refractivity contribution in [2.45, 2.75) is 11.8 Å². The van der Waals surface area contributed by atoms with E-state index in [0.717, 1.165) is 15.6 Å². The van der Waals surface area contributed by atoms with Gasteiger partial charge in [0.2, 0.25) is 21.9 Å². The smallest absolute Gasteiger partial charge is 0.243 e. The molecule has 1 aromatic heterocycles. The molecule has 3 aromatic carbocycles. The number of ether oxygens (including phenoxy) is 1. The normalized spacial score (nSPS) is 11.5. The maximum absolute atomic E-state index is 13.1. The van der Waals surface area contributed by atoms with Gasteiger partial charge in [-0.25, -0.2) is 13.4 Å². The van der Waals surface area contributed by atoms with Crippen LogP contribution in [0, 0.1) is 0 Å². The Morgan fingerprint density at radius 3 is 2.14 bits per heavy atom. The molecule has 0 saturated carbocycles. The van der Waals surface area contributed by atoms with Crippen LogP contribution in [0.5, 0.6) is 5.75 Å². The third-order valence-corrected chi connectivity index (χ3v) is 8.01. The van der Waals surface area contributed by atoms with E-state index in [-0.39, 0.29) is 17.4 Å². The molecular weight excluding hydrogens is 535 g/mol. The summed E-state index contributed by atoms with van der Waals surface area (Å²) < 4.78 is 34.2. The molecular formula is C26H24Cl2N4O4S. The summed E-state index contributed by atoms with van der Waals surface area (Å²) >= 11 is 11.9. The lowest BCUT2D eigenvalue weighted by Gasteiger charge is -2.20. The van der Waals surface area contributed by atoms with Crippen LogP contribution in [-0.2, 0) is 14.8 Å². The standard InChI is InChI=1S/C26H24Cl2N4O4S/c1-3-31(37(34,35)23-14-8-20(28)9-15-23)17-25(33)30-26-29-24(18-4-6-19(27)7-5-18)16-32(26)21-10-12-22(36-2)13-11-21/h4-16H,3,17H2,1-2H3,(H,29,30,33). The van der Waals surface area contributed by atoms with Crippen molar-refractivity contribution in [2.75, 3.05) is 25.5 Å². The second-order valence-electron chi connectivity index (χ2n) is 7.96. The van der Waals surface area contributed by atoms with Gasteiger partial charge in [-0.2, -0.15) is 4.31 Å². The van der Waals surface area contributed by atoms with E-state index in [1.165, 1.54) is 24.3 Å². The molecule has 0 spiro atoms. The van der Waals surface area contributed by atoms with Crippen molar-refractivity contribution >= 4 is 45.1 Å². The number of carbonyl (C=O) groups is 1. The number of imidazole rings is 1. The fraction of sp³-hybridized carbons (Fsp3) is 0.154. The zero-order chi connectivity index (χ0) is 26.6. The summed E-state index contributed by atoms with van der Waals surface area (Å²) in [5.41, 5.74) is 2.13. The maximum atomic E-state index is 13.1. The number of amides is 1. The van der Waals surface area contributed by atoms with Gasteiger partial charge in [0.05, 0.1) is 24.2 Å². The summed E-state index contributed by atoms with van der Waals surface area (Å²) in [6.07, 6.45) is 1.78. The van der Waals surface area contributed by atoms with Crippen LogP contribution in [-0.4, -0.2) is 48.4 Å². The van der Waals surface area contributed by atoms with Crippen LogP contribution in [0.1, 0.15) is 6.92 Å². The first-order chi connectivity index (χ1) is 17.7. The minimum absolute atomic E-state index is 0.0521. The van der Waals surface area contributed by atoms with Gasteiger partial charge in [-0.15, -0.1) is 0 Å². The molecule has 11 heteroatoms. The Kier molecular flexibility index (Phi) is 8.19. The van der Waals surface area contributed by atoms with Crippen LogP contribution in [0.2, 0.25) is 10.0 Å². The molecule has 37 heavy (non-hydrogen) atoms. The van der Waals surface area contributed by atoms with Crippen LogP contribution in [0.4, 0.5) is 5.95 Å². The lowest BCUT2D eigenvalue weighted by molar-refractivity contribution is -0.116. The topological polar surface area (TPSA) is 93.5 Å². The van der Waals surface area contributed by atoms with Gasteiger partial charge >= 0.3 is 0 Å². The van der Waals surface area contributed by atoms with E-state index >= 15 is 0 Å². The SMILES string of the molecule is CCN(CC(=O)Nc1nc(-c2ccc(Cl)cc2)cn1-c1ccc(OC)cc1)S(=O)(=O)c1ccc(Cl)cc1. The highest BCUT2D eigenvalue weighted by atomic mass is 35.5. The molecule has 0 fully saturated rings. The predicted molar refractivity (Wildman–Crippen MR) is 145 cm³/mol. The minimum Gasteiger partial charge on any atom is -0.497 e. The molecule has 192 valence electrons. The third-order valence-electron chi connectivity index (χ3n) is 5.57. The summed E-state index contributed by atoms with van der Waals surface area (Å²) in [5.74, 6) is 0.376. The monoisotopic (exact) mass is 558 g/mol. The minimum atomic E-state index is -3.91. The second-order valence-corrected chi connectivity index (χ2v) is 10.8. The van der Waals surface area contributed by atoms with Crippen LogP contribution < -0.4 is 10.1 Å². The van der Waals surface area contributed by atoms with E-state index in [0.29, 0.717) is 21.5 Å². The molecule has 0 aliphatic heterocycles. The number of rotatable bonds is 9. The van der Waals surface area contributed by atoms with E-state index in [2.05, 4.69) is 10.3 Å². The molecule has 0 atom stereocenters. The number of sulfonamides is 1. The number of nitrogens with zero attached hydrogens (tertiary/aromatic N) is 3. The Morgan fingerprint density at radius 1 is 0.973 bits per heavy atom. The van der Waals surface area contributed by atoms with Crippen molar-refractivity contribution in [3.63, 3.8) is 0 Å². The fourth-order valence-electron chi connectivity index (χ4n) is 3.61. The Labute approximate surface area is 225 Å². The molecule has 1 amide bonds. The number of anilines is 1. The first-order valence-corrected chi connectivity index (χ1v) is 13.5. The lowest BCUT2D eigenvalue weighted by Crippen LogP contribution is -2.38. The van der Waals surface area contributed by atoms with E-state index in [1.54, 1.807) is 49.1 Å². The molecule has 1 heterocycles. The fourth-order valence-corrected chi connectivity index (χ4v) is 5.27. The summed E-state index contributed by atoms with van der Waals surface area (Å²) in [6, 6.07) is 20.2. The number of halogens is 2. The second kappa shape index (κ2) is 11.4. The van der Waals surface area contributed by atoms with Crippen molar-refractivity contribution in [3.05, 3.63) is 89.0 Å². The van der Waals surface area contributed by atoms with Gasteiger partial charge in [0.25, 0.3) is 0 Å². The number of hydrogen-bond acceptors (Lipinski definition) is 5. The maximum Gasteiger partial charge on any atom is 0.243 e. The van der Waals surface area contributed by atoms with E-state index < -0.39 is 22.5 Å². The summed E-state index contributed by atoms with van der Waals surface area (Å²) in [4.78, 5) is 17.7. The van der Waals surface area contributed by atoms with Gasteiger partial charge in [0.15, 0.2) is 0 Å². The van der Waals surface area contributed by atoms with Crippen molar-refractivity contribution in [2.24, 2.45) is 0 Å². The molecule has 0 aliphatic carbocycles. The van der Waals surface area contributed by atoms with E-state index in [1.807, 2.05) is 24.3 Å². The average Bonchev–Trinajstić information content (AvgIpc) is 3.31. The lowest BCUT2D eigenvalue weighted by atomic mass is 10.2. The Hall–Kier alpha value is -3.37. The molecule has 0 aliphatic rings. The number of carbonyl (C=O) groups excluding carboxylic acids is 1.